The molecule has 51 heavy (non-hydrogen) atoms. The molecule has 11 aromatic rings. The number of hydrogen-bond acceptors (Lipinski definition) is 1. The standard InChI is InChI=1S/C50H30O/c1-2-12-33-27-37(26-23-31(33)11-1)48-39-16-5-7-18-41(39)49(42-19-8-6-17-40(42)48)43-21-9-15-32-24-25-36(29-44(32)43)38-20-10-22-46-50(38)45-28-34-13-3-4-14-35(34)30-47(45)51-46/h1-30H/i1D,2D,3D,4D,5D,6D,7D,8D,9D,10D,11D,12D,13D,14D,15D,16D,17D,18D,19D,20D,21D,22D,23D,24D,25D,26D,27D,28D,29D,30D. The third-order valence-corrected chi connectivity index (χ3v) is 8.51. The second-order valence-corrected chi connectivity index (χ2v) is 11.3. The largest absolute Gasteiger partial charge is 0.456 e. The topological polar surface area (TPSA) is 13.1 Å². The van der Waals surface area contributed by atoms with Crippen LogP contribution in [0.15, 0.2) is 186 Å². The molecule has 0 aliphatic heterocycles. The summed E-state index contributed by atoms with van der Waals surface area (Å²) in [7, 11) is 0. The summed E-state index contributed by atoms with van der Waals surface area (Å²) >= 11 is 0. The maximum atomic E-state index is 10.2. The van der Waals surface area contributed by atoms with Crippen LogP contribution in [0.4, 0.5) is 0 Å². The summed E-state index contributed by atoms with van der Waals surface area (Å²) in [6.07, 6.45) is 0. The summed E-state index contributed by atoms with van der Waals surface area (Å²) < 4.78 is 279. The first kappa shape index (κ1) is 11.7. The minimum absolute atomic E-state index is 0.487. The highest BCUT2D eigenvalue weighted by Crippen LogP contribution is 2.46. The van der Waals surface area contributed by atoms with E-state index in [9.17, 15) is 19.2 Å². The first-order chi connectivity index (χ1) is 37.8. The minimum atomic E-state index is -1.10. The molecule has 11 rings (SSSR count). The van der Waals surface area contributed by atoms with E-state index in [0.717, 1.165) is 0 Å². The zero-order valence-electron chi connectivity index (χ0n) is 55.4. The molecule has 0 bridgehead atoms. The van der Waals surface area contributed by atoms with Gasteiger partial charge in [-0.05, 0) is 117 Å². The van der Waals surface area contributed by atoms with Gasteiger partial charge in [0, 0.05) is 10.8 Å². The molecule has 0 saturated carbocycles. The third-order valence-electron chi connectivity index (χ3n) is 8.51. The Morgan fingerprint density at radius 1 is 0.314 bits per heavy atom. The van der Waals surface area contributed by atoms with Gasteiger partial charge < -0.3 is 4.42 Å². The molecule has 0 aliphatic rings. The van der Waals surface area contributed by atoms with Gasteiger partial charge >= 0.3 is 0 Å². The van der Waals surface area contributed by atoms with E-state index in [1.165, 1.54) is 0 Å². The van der Waals surface area contributed by atoms with E-state index in [2.05, 4.69) is 0 Å². The van der Waals surface area contributed by atoms with Crippen molar-refractivity contribution in [3.63, 3.8) is 0 Å². The van der Waals surface area contributed by atoms with E-state index in [-0.39, 0.29) is 0 Å². The third kappa shape index (κ3) is 4.28. The van der Waals surface area contributed by atoms with Crippen LogP contribution in [0.5, 0.6) is 0 Å². The van der Waals surface area contributed by atoms with Crippen LogP contribution in [0.25, 0.3) is 109 Å². The van der Waals surface area contributed by atoms with E-state index in [4.69, 9.17) is 26.3 Å². The van der Waals surface area contributed by atoms with Crippen molar-refractivity contribution in [1.82, 2.24) is 0 Å². The summed E-state index contributed by atoms with van der Waals surface area (Å²) in [5, 5.41) is -8.15. The van der Waals surface area contributed by atoms with Crippen molar-refractivity contribution in [2.45, 2.75) is 0 Å². The van der Waals surface area contributed by atoms with Crippen LogP contribution in [-0.4, -0.2) is 0 Å². The van der Waals surface area contributed by atoms with Crippen molar-refractivity contribution < 1.29 is 45.5 Å². The van der Waals surface area contributed by atoms with E-state index >= 15 is 0 Å². The molecule has 0 spiro atoms. The van der Waals surface area contributed by atoms with Gasteiger partial charge in [0.05, 0.1) is 41.1 Å². The van der Waals surface area contributed by atoms with E-state index in [1.54, 1.807) is 0 Å². The first-order valence-corrected chi connectivity index (χ1v) is 15.2. The highest BCUT2D eigenvalue weighted by atomic mass is 16.3. The molecule has 0 atom stereocenters. The Balaban J connectivity index is 1.44. The quantitative estimate of drug-likeness (QED) is 0.170. The second kappa shape index (κ2) is 10.9. The van der Waals surface area contributed by atoms with Crippen LogP contribution in [0.1, 0.15) is 41.1 Å². The Kier molecular flexibility index (Phi) is 2.50. The molecule has 0 N–H and O–H groups in total. The lowest BCUT2D eigenvalue weighted by Gasteiger charge is -2.19. The van der Waals surface area contributed by atoms with Gasteiger partial charge in [-0.3, -0.25) is 0 Å². The average Bonchev–Trinajstić information content (AvgIpc) is 3.16. The van der Waals surface area contributed by atoms with Crippen LogP contribution >= 0.6 is 0 Å². The Morgan fingerprint density at radius 3 is 1.61 bits per heavy atom. The van der Waals surface area contributed by atoms with Crippen LogP contribution in [0, 0.1) is 0 Å². The summed E-state index contributed by atoms with van der Waals surface area (Å²) in [4.78, 5) is 0. The molecule has 0 saturated heterocycles. The Bertz CT molecular complexity index is 4850. The van der Waals surface area contributed by atoms with Gasteiger partial charge in [-0.1, -0.05) is 151 Å². The number of rotatable bonds is 3. The second-order valence-electron chi connectivity index (χ2n) is 11.3. The molecule has 1 nitrogen and oxygen atoms in total. The number of benzene rings is 10. The summed E-state index contributed by atoms with van der Waals surface area (Å²) in [6, 6.07) is -28.4. The van der Waals surface area contributed by atoms with Gasteiger partial charge in [0.25, 0.3) is 0 Å². The molecule has 0 amide bonds. The Labute approximate surface area is 336 Å². The molecular weight excluding hydrogens is 617 g/mol. The van der Waals surface area contributed by atoms with E-state index in [1.807, 2.05) is 0 Å². The molecule has 1 heterocycles. The fraction of sp³-hybridized carbons (Fsp3) is 0. The lowest BCUT2D eigenvalue weighted by molar-refractivity contribution is 0.669. The number of fused-ring (bicyclic) bond motifs is 8. The van der Waals surface area contributed by atoms with E-state index < -0.39 is 290 Å². The maximum absolute atomic E-state index is 10.2. The van der Waals surface area contributed by atoms with Crippen LogP contribution < -0.4 is 0 Å². The molecule has 0 aliphatic carbocycles. The van der Waals surface area contributed by atoms with Gasteiger partial charge in [0.15, 0.2) is 0 Å². The maximum Gasteiger partial charge on any atom is 0.136 e. The lowest BCUT2D eigenvalue weighted by atomic mass is 9.84. The first-order valence-electron chi connectivity index (χ1n) is 30.2. The zero-order valence-corrected chi connectivity index (χ0v) is 25.4. The van der Waals surface area contributed by atoms with Gasteiger partial charge in [-0.15, -0.1) is 0 Å². The predicted molar refractivity (Wildman–Crippen MR) is 218 cm³/mol. The van der Waals surface area contributed by atoms with Crippen LogP contribution in [0.3, 0.4) is 0 Å². The number of furan rings is 1. The fourth-order valence-electron chi connectivity index (χ4n) is 6.35. The normalized spacial score (nSPS) is 20.2. The molecule has 10 aromatic carbocycles. The molecule has 0 fully saturated rings. The van der Waals surface area contributed by atoms with Crippen molar-refractivity contribution in [3.8, 4) is 33.4 Å². The number of hydrogen-bond donors (Lipinski definition) is 0. The predicted octanol–water partition coefficient (Wildman–Crippen LogP) is 14.4. The molecule has 1 heteroatoms. The molecule has 0 unspecified atom stereocenters. The molecular formula is C50H30O. The monoisotopic (exact) mass is 676 g/mol. The van der Waals surface area contributed by atoms with Crippen molar-refractivity contribution in [2.24, 2.45) is 0 Å². The summed E-state index contributed by atoms with van der Waals surface area (Å²) in [6.45, 7) is 0. The summed E-state index contributed by atoms with van der Waals surface area (Å²) in [5.74, 6) is 0. The fourth-order valence-corrected chi connectivity index (χ4v) is 6.35. The average molecular weight is 677 g/mol. The minimum Gasteiger partial charge on any atom is -0.456 e. The SMILES string of the molecule is [2H]c1c([2H])c(-c2c([2H])c([2H])c3c([2H])c([2H])c([2H])c(-c4c5c([2H])c([2H])c([2H])c([2H])c5c(-c5c([2H])c([2H])c6c([2H])c([2H])c([2H])c([2H])c6c5[2H])c5c([2H])c([2H])c([2H])c([2H])c45)c3c2[2H])c2c(oc3c([2H])c4c([2H])c([2H])c([2H])c([2H])c4c([2H])c32)c1[2H]. The molecule has 0 radical (unpaired) electrons. The van der Waals surface area contributed by atoms with E-state index in [0.29, 0.717) is 0 Å². The van der Waals surface area contributed by atoms with Gasteiger partial charge in [-0.2, -0.15) is 0 Å². The van der Waals surface area contributed by atoms with Crippen LogP contribution in [0.2, 0.25) is 0 Å². The van der Waals surface area contributed by atoms with Gasteiger partial charge in [-0.25, -0.2) is 0 Å². The highest BCUT2D eigenvalue weighted by molar-refractivity contribution is 6.24. The highest BCUT2D eigenvalue weighted by Gasteiger charge is 2.19. The van der Waals surface area contributed by atoms with Crippen molar-refractivity contribution in [1.29, 1.82) is 0 Å². The Hall–Kier alpha value is -6.70. The Morgan fingerprint density at radius 2 is 0.863 bits per heavy atom. The van der Waals surface area contributed by atoms with Gasteiger partial charge in [0.2, 0.25) is 0 Å². The molecule has 236 valence electrons. The van der Waals surface area contributed by atoms with Crippen LogP contribution in [-0.2, 0) is 0 Å². The molecule has 1 aromatic heterocycles. The van der Waals surface area contributed by atoms with Gasteiger partial charge in [0.1, 0.15) is 11.2 Å². The lowest BCUT2D eigenvalue weighted by Crippen LogP contribution is -1.92. The van der Waals surface area contributed by atoms with Crippen molar-refractivity contribution in [2.75, 3.05) is 0 Å². The smallest absolute Gasteiger partial charge is 0.136 e. The summed E-state index contributed by atoms with van der Waals surface area (Å²) in [5.41, 5.74) is -6.11. The van der Waals surface area contributed by atoms with Crippen molar-refractivity contribution in [3.05, 3.63) is 181 Å². The zero-order chi connectivity index (χ0) is 59.6. The van der Waals surface area contributed by atoms with Crippen molar-refractivity contribution >= 4 is 75.8 Å².